The van der Waals surface area contributed by atoms with E-state index in [1.54, 1.807) is 6.20 Å². The lowest BCUT2D eigenvalue weighted by atomic mass is 10.2. The lowest BCUT2D eigenvalue weighted by Crippen LogP contribution is -2.53. The average molecular weight is 386 g/mol. The SMILES string of the molecule is Cc1cc(Br)cnc1N1CCOC(C(=O)N2CCSCC2)C1. The van der Waals surface area contributed by atoms with Crippen LogP contribution >= 0.6 is 27.7 Å². The molecule has 2 aliphatic rings. The van der Waals surface area contributed by atoms with Gasteiger partial charge in [0.25, 0.3) is 5.91 Å². The molecule has 1 aromatic heterocycles. The van der Waals surface area contributed by atoms with Gasteiger partial charge in [0.2, 0.25) is 0 Å². The third-order valence-electron chi connectivity index (χ3n) is 3.98. The lowest BCUT2D eigenvalue weighted by molar-refractivity contribution is -0.144. The third-order valence-corrected chi connectivity index (χ3v) is 5.36. The molecule has 7 heteroatoms. The summed E-state index contributed by atoms with van der Waals surface area (Å²) in [4.78, 5) is 21.2. The number of aryl methyl sites for hydroxylation is 1. The maximum absolute atomic E-state index is 12.6. The van der Waals surface area contributed by atoms with Crippen LogP contribution in [0.4, 0.5) is 5.82 Å². The van der Waals surface area contributed by atoms with Crippen molar-refractivity contribution in [1.82, 2.24) is 9.88 Å². The molecule has 3 heterocycles. The van der Waals surface area contributed by atoms with E-state index in [1.807, 2.05) is 23.6 Å². The Kier molecular flexibility index (Phi) is 5.25. The molecular weight excluding hydrogens is 366 g/mol. The monoisotopic (exact) mass is 385 g/mol. The van der Waals surface area contributed by atoms with Crippen molar-refractivity contribution < 1.29 is 9.53 Å². The number of anilines is 1. The molecule has 0 bridgehead atoms. The Balaban J connectivity index is 1.69. The molecule has 1 unspecified atom stereocenters. The van der Waals surface area contributed by atoms with Crippen molar-refractivity contribution in [2.24, 2.45) is 0 Å². The molecule has 0 radical (unpaired) electrons. The molecule has 2 fully saturated rings. The van der Waals surface area contributed by atoms with Crippen molar-refractivity contribution in [3.05, 3.63) is 22.3 Å². The molecule has 1 aromatic rings. The second kappa shape index (κ2) is 7.19. The third kappa shape index (κ3) is 3.58. The van der Waals surface area contributed by atoms with Crippen LogP contribution in [0.15, 0.2) is 16.7 Å². The summed E-state index contributed by atoms with van der Waals surface area (Å²) in [5.41, 5.74) is 1.11. The number of pyridine rings is 1. The molecule has 2 saturated heterocycles. The second-order valence-corrected chi connectivity index (χ2v) is 7.68. The fourth-order valence-electron chi connectivity index (χ4n) is 2.84. The molecule has 0 aliphatic carbocycles. The number of hydrogen-bond acceptors (Lipinski definition) is 5. The van der Waals surface area contributed by atoms with Gasteiger partial charge in [-0.2, -0.15) is 11.8 Å². The van der Waals surface area contributed by atoms with Crippen LogP contribution in [0.3, 0.4) is 0 Å². The Bertz CT molecular complexity index is 552. The zero-order valence-electron chi connectivity index (χ0n) is 12.6. The summed E-state index contributed by atoms with van der Waals surface area (Å²) in [6.07, 6.45) is 1.43. The van der Waals surface area contributed by atoms with Crippen molar-refractivity contribution in [3.63, 3.8) is 0 Å². The molecule has 0 aromatic carbocycles. The largest absolute Gasteiger partial charge is 0.365 e. The summed E-state index contributed by atoms with van der Waals surface area (Å²) in [5, 5.41) is 0. The molecule has 1 atom stereocenters. The van der Waals surface area contributed by atoms with Crippen molar-refractivity contribution >= 4 is 39.4 Å². The molecule has 2 aliphatic heterocycles. The van der Waals surface area contributed by atoms with Crippen LogP contribution in [-0.4, -0.2) is 66.2 Å². The van der Waals surface area contributed by atoms with Gasteiger partial charge >= 0.3 is 0 Å². The number of rotatable bonds is 2. The van der Waals surface area contributed by atoms with E-state index >= 15 is 0 Å². The second-order valence-electron chi connectivity index (χ2n) is 5.54. The number of nitrogens with zero attached hydrogens (tertiary/aromatic N) is 3. The van der Waals surface area contributed by atoms with E-state index in [-0.39, 0.29) is 12.0 Å². The number of ether oxygens (including phenoxy) is 1. The fraction of sp³-hybridized carbons (Fsp3) is 0.600. The summed E-state index contributed by atoms with van der Waals surface area (Å²) < 4.78 is 6.70. The maximum Gasteiger partial charge on any atom is 0.253 e. The lowest BCUT2D eigenvalue weighted by Gasteiger charge is -2.37. The Labute approximate surface area is 143 Å². The van der Waals surface area contributed by atoms with Crippen LogP contribution in [-0.2, 0) is 9.53 Å². The Hall–Kier alpha value is -0.790. The Morgan fingerprint density at radius 1 is 1.41 bits per heavy atom. The van der Waals surface area contributed by atoms with Gasteiger partial charge in [-0.1, -0.05) is 0 Å². The normalized spacial score (nSPS) is 22.7. The van der Waals surface area contributed by atoms with Crippen LogP contribution in [0, 0.1) is 6.92 Å². The van der Waals surface area contributed by atoms with Gasteiger partial charge in [0, 0.05) is 41.8 Å². The number of aromatic nitrogens is 1. The average Bonchev–Trinajstić information content (AvgIpc) is 2.55. The van der Waals surface area contributed by atoms with Crippen molar-refractivity contribution in [1.29, 1.82) is 0 Å². The zero-order valence-corrected chi connectivity index (χ0v) is 15.0. The number of carbonyl (C=O) groups excluding carboxylic acids is 1. The van der Waals surface area contributed by atoms with Gasteiger partial charge in [0.15, 0.2) is 6.10 Å². The number of carbonyl (C=O) groups is 1. The van der Waals surface area contributed by atoms with Crippen molar-refractivity contribution in [3.8, 4) is 0 Å². The Morgan fingerprint density at radius 2 is 2.18 bits per heavy atom. The minimum Gasteiger partial charge on any atom is -0.365 e. The molecular formula is C15H20BrN3O2S. The van der Waals surface area contributed by atoms with Gasteiger partial charge in [-0.05, 0) is 34.5 Å². The van der Waals surface area contributed by atoms with Crippen LogP contribution in [0.2, 0.25) is 0 Å². The first-order valence-corrected chi connectivity index (χ1v) is 9.45. The molecule has 0 saturated carbocycles. The van der Waals surface area contributed by atoms with Crippen LogP contribution in [0.25, 0.3) is 0 Å². The standard InChI is InChI=1S/C15H20BrN3O2S/c1-11-8-12(16)9-17-14(11)19-2-5-21-13(10-19)15(20)18-3-6-22-7-4-18/h8-9,13H,2-7,10H2,1H3. The van der Waals surface area contributed by atoms with Crippen molar-refractivity contribution in [2.75, 3.05) is 49.2 Å². The van der Waals surface area contributed by atoms with E-state index < -0.39 is 0 Å². The summed E-state index contributed by atoms with van der Waals surface area (Å²) >= 11 is 5.34. The molecule has 120 valence electrons. The van der Waals surface area contributed by atoms with E-state index in [4.69, 9.17) is 4.74 Å². The first-order valence-electron chi connectivity index (χ1n) is 7.50. The van der Waals surface area contributed by atoms with Gasteiger partial charge in [-0.3, -0.25) is 4.79 Å². The fourth-order valence-corrected chi connectivity index (χ4v) is 4.19. The first kappa shape index (κ1) is 16.1. The number of amides is 1. The predicted octanol–water partition coefficient (Wildman–Crippen LogP) is 1.93. The van der Waals surface area contributed by atoms with Gasteiger partial charge in [0.1, 0.15) is 5.82 Å². The van der Waals surface area contributed by atoms with Gasteiger partial charge in [-0.15, -0.1) is 0 Å². The van der Waals surface area contributed by atoms with E-state index in [2.05, 4.69) is 31.9 Å². The summed E-state index contributed by atoms with van der Waals surface area (Å²) in [6.45, 7) is 5.63. The van der Waals surface area contributed by atoms with E-state index in [1.165, 1.54) is 0 Å². The summed E-state index contributed by atoms with van der Waals surface area (Å²) in [7, 11) is 0. The highest BCUT2D eigenvalue weighted by molar-refractivity contribution is 9.10. The van der Waals surface area contributed by atoms with E-state index in [0.29, 0.717) is 13.2 Å². The Morgan fingerprint density at radius 3 is 2.91 bits per heavy atom. The maximum atomic E-state index is 12.6. The molecule has 0 spiro atoms. The van der Waals surface area contributed by atoms with Gasteiger partial charge < -0.3 is 14.5 Å². The highest BCUT2D eigenvalue weighted by atomic mass is 79.9. The van der Waals surface area contributed by atoms with Crippen LogP contribution in [0.5, 0.6) is 0 Å². The quantitative estimate of drug-likeness (QED) is 0.778. The van der Waals surface area contributed by atoms with Crippen LogP contribution < -0.4 is 4.90 Å². The highest BCUT2D eigenvalue weighted by Crippen LogP contribution is 2.23. The van der Waals surface area contributed by atoms with Gasteiger partial charge in [-0.25, -0.2) is 4.98 Å². The number of morpholine rings is 1. The zero-order chi connectivity index (χ0) is 15.5. The predicted molar refractivity (Wildman–Crippen MR) is 92.5 cm³/mol. The van der Waals surface area contributed by atoms with E-state index in [9.17, 15) is 4.79 Å². The minimum absolute atomic E-state index is 0.125. The molecule has 1 amide bonds. The highest BCUT2D eigenvalue weighted by Gasteiger charge is 2.31. The molecule has 0 N–H and O–H groups in total. The molecule has 22 heavy (non-hydrogen) atoms. The van der Waals surface area contributed by atoms with Gasteiger partial charge in [0.05, 0.1) is 13.2 Å². The topological polar surface area (TPSA) is 45.7 Å². The smallest absolute Gasteiger partial charge is 0.253 e. The summed E-state index contributed by atoms with van der Waals surface area (Å²) in [6, 6.07) is 2.05. The first-order chi connectivity index (χ1) is 10.6. The van der Waals surface area contributed by atoms with Crippen molar-refractivity contribution in [2.45, 2.75) is 13.0 Å². The van der Waals surface area contributed by atoms with Crippen LogP contribution in [0.1, 0.15) is 5.56 Å². The number of hydrogen-bond donors (Lipinski definition) is 0. The summed E-state index contributed by atoms with van der Waals surface area (Å²) in [5.74, 6) is 3.11. The number of thioether (sulfide) groups is 1. The van der Waals surface area contributed by atoms with E-state index in [0.717, 1.165) is 47.0 Å². The number of halogens is 1. The minimum atomic E-state index is -0.373. The molecule has 5 nitrogen and oxygen atoms in total. The molecule has 3 rings (SSSR count).